The molecular weight excluding hydrogens is 338 g/mol. The molecule has 0 saturated carbocycles. The van der Waals surface area contributed by atoms with Crippen LogP contribution in [0.2, 0.25) is 0 Å². The number of likely N-dealkylation sites (N-methyl/N-ethyl adjacent to an activating group) is 1. The SMILES string of the molecule is CN(C)C(=O)CN1C[C@@H]2CC[C@H](C1)N(Cc1cccc(-n3cccn3)c1)C2. The highest BCUT2D eigenvalue weighted by molar-refractivity contribution is 5.77. The molecule has 1 aromatic heterocycles. The number of hydrogen-bond donors (Lipinski definition) is 0. The summed E-state index contributed by atoms with van der Waals surface area (Å²) < 4.78 is 1.91. The molecule has 2 bridgehead atoms. The Morgan fingerprint density at radius 3 is 2.85 bits per heavy atom. The highest BCUT2D eigenvalue weighted by Gasteiger charge is 2.35. The standard InChI is InChI=1S/C21H29N5O/c1-23(2)21(27)16-24-12-18-7-8-20(15-24)25(14-18)13-17-5-3-6-19(11-17)26-10-4-9-22-26/h3-6,9-11,18,20H,7-8,12-16H2,1-2H3/t18-,20+/m0/s1. The molecule has 5 rings (SSSR count). The summed E-state index contributed by atoms with van der Waals surface area (Å²) >= 11 is 0. The molecule has 2 aromatic rings. The van der Waals surface area contributed by atoms with E-state index in [1.807, 2.05) is 37.2 Å². The van der Waals surface area contributed by atoms with Gasteiger partial charge < -0.3 is 4.90 Å². The minimum absolute atomic E-state index is 0.203. The lowest BCUT2D eigenvalue weighted by Crippen LogP contribution is -2.44. The fourth-order valence-electron chi connectivity index (χ4n) is 4.39. The number of amides is 1. The smallest absolute Gasteiger partial charge is 0.236 e. The van der Waals surface area contributed by atoms with Crippen molar-refractivity contribution >= 4 is 5.91 Å². The zero-order valence-corrected chi connectivity index (χ0v) is 16.3. The predicted molar refractivity (Wildman–Crippen MR) is 106 cm³/mol. The van der Waals surface area contributed by atoms with Crippen molar-refractivity contribution in [1.29, 1.82) is 0 Å². The van der Waals surface area contributed by atoms with Crippen molar-refractivity contribution in [3.63, 3.8) is 0 Å². The maximum atomic E-state index is 12.1. The van der Waals surface area contributed by atoms with Gasteiger partial charge in [0.1, 0.15) is 0 Å². The average molecular weight is 367 g/mol. The highest BCUT2D eigenvalue weighted by atomic mass is 16.2. The Morgan fingerprint density at radius 1 is 1.19 bits per heavy atom. The van der Waals surface area contributed by atoms with Crippen LogP contribution < -0.4 is 0 Å². The van der Waals surface area contributed by atoms with Gasteiger partial charge in [-0.1, -0.05) is 12.1 Å². The molecule has 3 aliphatic heterocycles. The number of rotatable bonds is 5. The summed E-state index contributed by atoms with van der Waals surface area (Å²) in [6.45, 7) is 4.67. The van der Waals surface area contributed by atoms with E-state index in [9.17, 15) is 4.79 Å². The second kappa shape index (κ2) is 7.82. The van der Waals surface area contributed by atoms with E-state index in [0.717, 1.165) is 31.9 Å². The molecule has 1 aromatic carbocycles. The first-order valence-electron chi connectivity index (χ1n) is 9.84. The Bertz CT molecular complexity index is 773. The van der Waals surface area contributed by atoms with Crippen LogP contribution >= 0.6 is 0 Å². The van der Waals surface area contributed by atoms with Crippen LogP contribution in [-0.4, -0.2) is 76.7 Å². The van der Waals surface area contributed by atoms with Gasteiger partial charge in [0.05, 0.1) is 12.2 Å². The van der Waals surface area contributed by atoms with Gasteiger partial charge in [-0.15, -0.1) is 0 Å². The first-order valence-corrected chi connectivity index (χ1v) is 9.84. The van der Waals surface area contributed by atoms with Gasteiger partial charge in [-0.05, 0) is 42.5 Å². The minimum atomic E-state index is 0.203. The molecule has 3 saturated heterocycles. The summed E-state index contributed by atoms with van der Waals surface area (Å²) in [5.74, 6) is 0.864. The molecule has 1 amide bonds. The second-order valence-corrected chi connectivity index (χ2v) is 8.13. The predicted octanol–water partition coefficient (Wildman–Crippen LogP) is 1.86. The van der Waals surface area contributed by atoms with Crippen molar-refractivity contribution in [3.8, 4) is 5.69 Å². The fourth-order valence-corrected chi connectivity index (χ4v) is 4.39. The molecule has 0 radical (unpaired) electrons. The Kier molecular flexibility index (Phi) is 5.27. The molecule has 3 aliphatic rings. The van der Waals surface area contributed by atoms with Crippen molar-refractivity contribution in [2.75, 3.05) is 40.3 Å². The molecule has 0 spiro atoms. The third-order valence-electron chi connectivity index (χ3n) is 5.83. The van der Waals surface area contributed by atoms with Crippen LogP contribution in [0.25, 0.3) is 5.69 Å². The molecular formula is C21H29N5O. The fraction of sp³-hybridized carbons (Fsp3) is 0.524. The summed E-state index contributed by atoms with van der Waals surface area (Å²) in [6.07, 6.45) is 6.30. The van der Waals surface area contributed by atoms with Crippen LogP contribution in [0.1, 0.15) is 18.4 Å². The van der Waals surface area contributed by atoms with E-state index in [-0.39, 0.29) is 5.91 Å². The van der Waals surface area contributed by atoms with Gasteiger partial charge in [0.15, 0.2) is 0 Å². The van der Waals surface area contributed by atoms with Crippen molar-refractivity contribution in [2.45, 2.75) is 25.4 Å². The van der Waals surface area contributed by atoms with Crippen LogP contribution in [0.15, 0.2) is 42.7 Å². The Hall–Kier alpha value is -2.18. The second-order valence-electron chi connectivity index (χ2n) is 8.13. The molecule has 0 aliphatic carbocycles. The lowest BCUT2D eigenvalue weighted by atomic mass is 9.94. The number of carbonyl (C=O) groups is 1. The summed E-state index contributed by atoms with van der Waals surface area (Å²) in [5.41, 5.74) is 2.43. The summed E-state index contributed by atoms with van der Waals surface area (Å²) in [7, 11) is 3.68. The number of carbonyl (C=O) groups excluding carboxylic acids is 1. The van der Waals surface area contributed by atoms with Crippen molar-refractivity contribution < 1.29 is 4.79 Å². The van der Waals surface area contributed by atoms with Gasteiger partial charge in [-0.3, -0.25) is 14.6 Å². The van der Waals surface area contributed by atoms with E-state index in [2.05, 4.69) is 39.2 Å². The van der Waals surface area contributed by atoms with Gasteiger partial charge >= 0.3 is 0 Å². The van der Waals surface area contributed by atoms with Gasteiger partial charge in [0.25, 0.3) is 0 Å². The van der Waals surface area contributed by atoms with Crippen LogP contribution in [0.5, 0.6) is 0 Å². The molecule has 0 N–H and O–H groups in total. The van der Waals surface area contributed by atoms with Gasteiger partial charge in [-0.2, -0.15) is 5.10 Å². The Morgan fingerprint density at radius 2 is 2.07 bits per heavy atom. The summed E-state index contributed by atoms with van der Waals surface area (Å²) in [4.78, 5) is 18.8. The number of hydrogen-bond acceptors (Lipinski definition) is 4. The van der Waals surface area contributed by atoms with E-state index >= 15 is 0 Å². The topological polar surface area (TPSA) is 44.6 Å². The van der Waals surface area contributed by atoms with Crippen molar-refractivity contribution in [1.82, 2.24) is 24.5 Å². The molecule has 3 fully saturated rings. The number of benzene rings is 1. The normalized spacial score (nSPS) is 23.3. The van der Waals surface area contributed by atoms with E-state index in [1.54, 1.807) is 4.90 Å². The van der Waals surface area contributed by atoms with Crippen LogP contribution in [0.3, 0.4) is 0 Å². The average Bonchev–Trinajstić information content (AvgIpc) is 3.06. The van der Waals surface area contributed by atoms with Crippen molar-refractivity contribution in [2.24, 2.45) is 5.92 Å². The summed E-state index contributed by atoms with van der Waals surface area (Å²) in [6, 6.07) is 11.1. The van der Waals surface area contributed by atoms with E-state index in [0.29, 0.717) is 18.5 Å². The first-order chi connectivity index (χ1) is 13.1. The maximum Gasteiger partial charge on any atom is 0.236 e. The van der Waals surface area contributed by atoms with E-state index in [1.165, 1.54) is 18.4 Å². The minimum Gasteiger partial charge on any atom is -0.348 e. The van der Waals surface area contributed by atoms with Crippen molar-refractivity contribution in [3.05, 3.63) is 48.3 Å². The van der Waals surface area contributed by atoms with Crippen LogP contribution in [0.4, 0.5) is 0 Å². The Labute approximate surface area is 161 Å². The third kappa shape index (κ3) is 4.22. The molecule has 144 valence electrons. The van der Waals surface area contributed by atoms with Gasteiger partial charge in [0, 0.05) is 58.7 Å². The van der Waals surface area contributed by atoms with Crippen LogP contribution in [-0.2, 0) is 11.3 Å². The summed E-state index contributed by atoms with van der Waals surface area (Å²) in [5, 5.41) is 4.34. The zero-order chi connectivity index (χ0) is 18.8. The van der Waals surface area contributed by atoms with E-state index in [4.69, 9.17) is 0 Å². The largest absolute Gasteiger partial charge is 0.348 e. The monoisotopic (exact) mass is 367 g/mol. The molecule has 2 atom stereocenters. The van der Waals surface area contributed by atoms with E-state index < -0.39 is 0 Å². The lowest BCUT2D eigenvalue weighted by molar-refractivity contribution is -0.130. The quantitative estimate of drug-likeness (QED) is 0.809. The third-order valence-corrected chi connectivity index (χ3v) is 5.83. The van der Waals surface area contributed by atoms with Crippen LogP contribution in [0, 0.1) is 5.92 Å². The Balaban J connectivity index is 1.45. The molecule has 0 unspecified atom stereocenters. The lowest BCUT2D eigenvalue weighted by Gasteiger charge is -2.36. The number of piperidine rings is 1. The molecule has 6 nitrogen and oxygen atoms in total. The first kappa shape index (κ1) is 18.2. The number of nitrogens with zero attached hydrogens (tertiary/aromatic N) is 5. The maximum absolute atomic E-state index is 12.1. The number of fused-ring (bicyclic) bond motifs is 4. The molecule has 27 heavy (non-hydrogen) atoms. The zero-order valence-electron chi connectivity index (χ0n) is 16.3. The highest BCUT2D eigenvalue weighted by Crippen LogP contribution is 2.29. The van der Waals surface area contributed by atoms with Gasteiger partial charge in [0.2, 0.25) is 5.91 Å². The number of aromatic nitrogens is 2. The molecule has 4 heterocycles. The molecule has 6 heteroatoms. The van der Waals surface area contributed by atoms with Gasteiger partial charge in [-0.25, -0.2) is 4.68 Å².